The standard InChI is InChI=1S/C14H27N3O/c1-3-15-13(17-12-5-6-12)16-11-14(7-8-14)9-10-18-4-2/h12H,3-11H2,1-2H3,(H2,15,16,17). The molecule has 0 spiro atoms. The molecule has 0 saturated heterocycles. The zero-order valence-electron chi connectivity index (χ0n) is 11.8. The maximum atomic E-state index is 5.46. The summed E-state index contributed by atoms with van der Waals surface area (Å²) < 4.78 is 5.46. The maximum Gasteiger partial charge on any atom is 0.191 e. The predicted octanol–water partition coefficient (Wildman–Crippen LogP) is 1.91. The van der Waals surface area contributed by atoms with Crippen molar-refractivity contribution in [3.63, 3.8) is 0 Å². The van der Waals surface area contributed by atoms with Gasteiger partial charge in [-0.25, -0.2) is 0 Å². The number of ether oxygens (including phenoxy) is 1. The first-order chi connectivity index (χ1) is 8.78. The quantitative estimate of drug-likeness (QED) is 0.394. The summed E-state index contributed by atoms with van der Waals surface area (Å²) in [6.07, 6.45) is 6.37. The largest absolute Gasteiger partial charge is 0.382 e. The number of hydrogen-bond donors (Lipinski definition) is 2. The molecule has 4 heteroatoms. The predicted molar refractivity (Wildman–Crippen MR) is 74.9 cm³/mol. The minimum atomic E-state index is 0.446. The number of guanidine groups is 1. The third-order valence-electron chi connectivity index (χ3n) is 3.77. The number of nitrogens with zero attached hydrogens (tertiary/aromatic N) is 1. The van der Waals surface area contributed by atoms with Gasteiger partial charge >= 0.3 is 0 Å². The van der Waals surface area contributed by atoms with Gasteiger partial charge in [-0.05, 0) is 51.4 Å². The molecular formula is C14H27N3O. The molecule has 0 aromatic heterocycles. The van der Waals surface area contributed by atoms with E-state index in [2.05, 4.69) is 24.5 Å². The molecule has 18 heavy (non-hydrogen) atoms. The fourth-order valence-corrected chi connectivity index (χ4v) is 2.08. The van der Waals surface area contributed by atoms with Crippen molar-refractivity contribution in [2.24, 2.45) is 10.4 Å². The molecule has 2 aliphatic carbocycles. The normalized spacial score (nSPS) is 21.8. The second-order valence-corrected chi connectivity index (χ2v) is 5.56. The molecule has 2 N–H and O–H groups in total. The molecule has 2 aliphatic rings. The van der Waals surface area contributed by atoms with Gasteiger partial charge in [-0.3, -0.25) is 4.99 Å². The molecule has 4 nitrogen and oxygen atoms in total. The zero-order valence-corrected chi connectivity index (χ0v) is 11.8. The highest BCUT2D eigenvalue weighted by atomic mass is 16.5. The smallest absolute Gasteiger partial charge is 0.191 e. The zero-order chi connectivity index (χ0) is 12.8. The fourth-order valence-electron chi connectivity index (χ4n) is 2.08. The molecule has 0 atom stereocenters. The van der Waals surface area contributed by atoms with Gasteiger partial charge in [0.1, 0.15) is 0 Å². The molecule has 0 bridgehead atoms. The minimum Gasteiger partial charge on any atom is -0.382 e. The van der Waals surface area contributed by atoms with E-state index in [1.165, 1.54) is 25.7 Å². The molecule has 2 rings (SSSR count). The highest BCUT2D eigenvalue weighted by Gasteiger charge is 2.42. The van der Waals surface area contributed by atoms with Crippen LogP contribution in [0.15, 0.2) is 4.99 Å². The topological polar surface area (TPSA) is 45.7 Å². The first-order valence-electron chi connectivity index (χ1n) is 7.40. The van der Waals surface area contributed by atoms with Crippen molar-refractivity contribution in [2.45, 2.75) is 52.0 Å². The van der Waals surface area contributed by atoms with E-state index >= 15 is 0 Å². The Bertz CT molecular complexity index is 283. The van der Waals surface area contributed by atoms with E-state index < -0.39 is 0 Å². The van der Waals surface area contributed by atoms with Gasteiger partial charge in [-0.2, -0.15) is 0 Å². The molecule has 0 unspecified atom stereocenters. The van der Waals surface area contributed by atoms with Crippen molar-refractivity contribution < 1.29 is 4.74 Å². The van der Waals surface area contributed by atoms with E-state index in [1.54, 1.807) is 0 Å². The van der Waals surface area contributed by atoms with E-state index in [9.17, 15) is 0 Å². The van der Waals surface area contributed by atoms with Gasteiger partial charge in [-0.1, -0.05) is 0 Å². The van der Waals surface area contributed by atoms with Crippen molar-refractivity contribution in [2.75, 3.05) is 26.3 Å². The van der Waals surface area contributed by atoms with Crippen molar-refractivity contribution in [1.29, 1.82) is 0 Å². The molecule has 0 radical (unpaired) electrons. The van der Waals surface area contributed by atoms with Gasteiger partial charge in [-0.15, -0.1) is 0 Å². The van der Waals surface area contributed by atoms with Crippen LogP contribution in [0.25, 0.3) is 0 Å². The summed E-state index contributed by atoms with van der Waals surface area (Å²) in [6.45, 7) is 7.77. The lowest BCUT2D eigenvalue weighted by Crippen LogP contribution is -2.39. The third-order valence-corrected chi connectivity index (χ3v) is 3.77. The molecular weight excluding hydrogens is 226 g/mol. The van der Waals surface area contributed by atoms with E-state index in [4.69, 9.17) is 9.73 Å². The summed E-state index contributed by atoms with van der Waals surface area (Å²) in [5, 5.41) is 6.80. The van der Waals surface area contributed by atoms with Gasteiger partial charge in [0, 0.05) is 32.3 Å². The van der Waals surface area contributed by atoms with Gasteiger partial charge in [0.15, 0.2) is 5.96 Å². The molecule has 0 aliphatic heterocycles. The SMILES string of the molecule is CCNC(=NCC1(CCOCC)CC1)NC1CC1. The lowest BCUT2D eigenvalue weighted by atomic mass is 10.0. The van der Waals surface area contributed by atoms with Crippen molar-refractivity contribution in [3.05, 3.63) is 0 Å². The number of rotatable bonds is 8. The summed E-state index contributed by atoms with van der Waals surface area (Å²) in [5.41, 5.74) is 0.446. The van der Waals surface area contributed by atoms with Crippen LogP contribution in [0, 0.1) is 5.41 Å². The van der Waals surface area contributed by atoms with E-state index in [1.807, 2.05) is 0 Å². The summed E-state index contributed by atoms with van der Waals surface area (Å²) in [4.78, 5) is 4.75. The Morgan fingerprint density at radius 2 is 2.11 bits per heavy atom. The summed E-state index contributed by atoms with van der Waals surface area (Å²) >= 11 is 0. The first-order valence-corrected chi connectivity index (χ1v) is 7.40. The fraction of sp³-hybridized carbons (Fsp3) is 0.929. The summed E-state index contributed by atoms with van der Waals surface area (Å²) in [7, 11) is 0. The van der Waals surface area contributed by atoms with Crippen molar-refractivity contribution in [3.8, 4) is 0 Å². The summed E-state index contributed by atoms with van der Waals surface area (Å²) in [5.74, 6) is 1.00. The van der Waals surface area contributed by atoms with Crippen molar-refractivity contribution in [1.82, 2.24) is 10.6 Å². The molecule has 0 amide bonds. The molecule has 0 aromatic rings. The molecule has 2 fully saturated rings. The first kappa shape index (κ1) is 13.7. The van der Waals surface area contributed by atoms with Crippen molar-refractivity contribution >= 4 is 5.96 Å². The number of aliphatic imine (C=N–C) groups is 1. The Morgan fingerprint density at radius 1 is 1.33 bits per heavy atom. The average Bonchev–Trinajstić information content (AvgIpc) is 3.24. The van der Waals surface area contributed by atoms with E-state index in [0.29, 0.717) is 11.5 Å². The van der Waals surface area contributed by atoms with Crippen LogP contribution in [0.5, 0.6) is 0 Å². The maximum absolute atomic E-state index is 5.46. The van der Waals surface area contributed by atoms with Gasteiger partial charge < -0.3 is 15.4 Å². The van der Waals surface area contributed by atoms with Crippen LogP contribution in [0.1, 0.15) is 46.0 Å². The molecule has 2 saturated carbocycles. The molecule has 0 heterocycles. The number of hydrogen-bond acceptors (Lipinski definition) is 2. The van der Waals surface area contributed by atoms with Gasteiger partial charge in [0.2, 0.25) is 0 Å². The highest BCUT2D eigenvalue weighted by molar-refractivity contribution is 5.80. The van der Waals surface area contributed by atoms with Crippen LogP contribution in [0.3, 0.4) is 0 Å². The number of nitrogens with one attached hydrogen (secondary N) is 2. The van der Waals surface area contributed by atoms with Crippen LogP contribution >= 0.6 is 0 Å². The highest BCUT2D eigenvalue weighted by Crippen LogP contribution is 2.49. The van der Waals surface area contributed by atoms with Crippen LogP contribution in [0.4, 0.5) is 0 Å². The Hall–Kier alpha value is -0.770. The summed E-state index contributed by atoms with van der Waals surface area (Å²) in [6, 6.07) is 0.668. The van der Waals surface area contributed by atoms with Crippen LogP contribution in [-0.2, 0) is 4.74 Å². The van der Waals surface area contributed by atoms with Crippen LogP contribution < -0.4 is 10.6 Å². The van der Waals surface area contributed by atoms with Gasteiger partial charge in [0.25, 0.3) is 0 Å². The Kier molecular flexibility index (Phi) is 4.87. The van der Waals surface area contributed by atoms with E-state index in [0.717, 1.165) is 38.7 Å². The van der Waals surface area contributed by atoms with Gasteiger partial charge in [0.05, 0.1) is 0 Å². The van der Waals surface area contributed by atoms with Crippen LogP contribution in [-0.4, -0.2) is 38.3 Å². The Balaban J connectivity index is 1.75. The van der Waals surface area contributed by atoms with Crippen LogP contribution in [0.2, 0.25) is 0 Å². The minimum absolute atomic E-state index is 0.446. The lowest BCUT2D eigenvalue weighted by Gasteiger charge is -2.15. The lowest BCUT2D eigenvalue weighted by molar-refractivity contribution is 0.129. The monoisotopic (exact) mass is 253 g/mol. The second-order valence-electron chi connectivity index (χ2n) is 5.56. The molecule has 104 valence electrons. The second kappa shape index (κ2) is 6.41. The van der Waals surface area contributed by atoms with E-state index in [-0.39, 0.29) is 0 Å². The Morgan fingerprint density at radius 3 is 2.67 bits per heavy atom. The molecule has 0 aromatic carbocycles. The Labute approximate surface area is 111 Å². The average molecular weight is 253 g/mol. The third kappa shape index (κ3) is 4.48.